The van der Waals surface area contributed by atoms with Gasteiger partial charge in [0.1, 0.15) is 0 Å². The SMILES string of the molecule is C=C.N.N.N.N.N.O=S(=O)([O-])C(F)(F)F.O=S(=O)([O-])C(F)(F)F.[Os+2]. The zero-order valence-corrected chi connectivity index (χ0v) is 16.0. The predicted octanol–water partition coefficient (Wildman–Crippen LogP) is 1.71. The molecule has 0 aliphatic carbocycles. The van der Waals surface area contributed by atoms with Crippen molar-refractivity contribution in [3.8, 4) is 0 Å². The first kappa shape index (κ1) is 56.6. The topological polar surface area (TPSA) is 289 Å². The summed E-state index contributed by atoms with van der Waals surface area (Å²) in [6, 6.07) is 0. The number of alkyl halides is 6. The van der Waals surface area contributed by atoms with Gasteiger partial charge >= 0.3 is 30.8 Å². The Hall–Kier alpha value is -0.424. The minimum Gasteiger partial charge on any atom is -0.741 e. The molecule has 0 saturated carbocycles. The predicted molar refractivity (Wildman–Crippen MR) is 67.9 cm³/mol. The third kappa shape index (κ3) is 29.6. The van der Waals surface area contributed by atoms with E-state index >= 15 is 0 Å². The second kappa shape index (κ2) is 18.9. The van der Waals surface area contributed by atoms with Crippen LogP contribution in [0.2, 0.25) is 0 Å². The molecule has 0 bridgehead atoms. The van der Waals surface area contributed by atoms with E-state index in [0.29, 0.717) is 0 Å². The van der Waals surface area contributed by atoms with E-state index in [0.717, 1.165) is 0 Å². The van der Waals surface area contributed by atoms with E-state index < -0.39 is 31.3 Å². The first-order valence-corrected chi connectivity index (χ1v) is 5.86. The van der Waals surface area contributed by atoms with Gasteiger partial charge in [-0.1, -0.05) is 0 Å². The Bertz CT molecular complexity index is 411. The molecule has 15 N–H and O–H groups in total. The fraction of sp³-hybridized carbons (Fsp3) is 0.500. The van der Waals surface area contributed by atoms with E-state index in [2.05, 4.69) is 13.2 Å². The van der Waals surface area contributed by atoms with Crippen molar-refractivity contribution in [3.05, 3.63) is 13.2 Å². The van der Waals surface area contributed by atoms with Crippen LogP contribution in [-0.4, -0.2) is 37.0 Å². The zero-order chi connectivity index (χ0) is 16.0. The molecule has 0 fully saturated rings. The first-order chi connectivity index (χ1) is 7.50. The minimum atomic E-state index is -6.09. The van der Waals surface area contributed by atoms with Gasteiger partial charge in [-0.15, -0.1) is 13.2 Å². The van der Waals surface area contributed by atoms with Gasteiger partial charge in [0.15, 0.2) is 20.2 Å². The molecule has 0 radical (unpaired) electrons. The minimum absolute atomic E-state index is 0. The number of hydrogen-bond donors (Lipinski definition) is 5. The molecule has 20 heteroatoms. The van der Waals surface area contributed by atoms with Crippen molar-refractivity contribution in [2.45, 2.75) is 11.0 Å². The summed E-state index contributed by atoms with van der Waals surface area (Å²) in [5.41, 5.74) is -11.3. The molecule has 0 aromatic heterocycles. The Kier molecular flexibility index (Phi) is 44.6. The monoisotopic (exact) mass is 603 g/mol. The third-order valence-corrected chi connectivity index (χ3v) is 1.70. The average molecular weight is 602 g/mol. The standard InChI is InChI=1S/C2H4.2CHF3O3S.5H3N.Os/c1-2;2*2-1(3,4)8(5,6)7;;;;;;/h1-2H2;2*(H,5,6,7);5*1H3;/q;;;;;;;;+2/p-2. The Morgan fingerprint density at radius 3 is 0.625 bits per heavy atom. The van der Waals surface area contributed by atoms with Gasteiger partial charge in [-0.25, -0.2) is 16.8 Å². The summed E-state index contributed by atoms with van der Waals surface area (Å²) in [6.45, 7) is 6.00. The Labute approximate surface area is 147 Å². The molecule has 0 aromatic rings. The van der Waals surface area contributed by atoms with Crippen LogP contribution in [0.15, 0.2) is 13.2 Å². The second-order valence-electron chi connectivity index (χ2n) is 1.80. The van der Waals surface area contributed by atoms with E-state index in [1.807, 2.05) is 0 Å². The summed E-state index contributed by atoms with van der Waals surface area (Å²) >= 11 is 0. The zero-order valence-electron chi connectivity index (χ0n) is 11.8. The molecule has 24 heavy (non-hydrogen) atoms. The van der Waals surface area contributed by atoms with Gasteiger partial charge in [0, 0.05) is 0 Å². The van der Waals surface area contributed by atoms with E-state index in [4.69, 9.17) is 25.9 Å². The van der Waals surface area contributed by atoms with Crippen molar-refractivity contribution in [3.63, 3.8) is 0 Å². The van der Waals surface area contributed by atoms with Gasteiger partial charge in [0.05, 0.1) is 0 Å². The van der Waals surface area contributed by atoms with Gasteiger partial charge in [-0.3, -0.25) is 0 Å². The van der Waals surface area contributed by atoms with Gasteiger partial charge in [-0.2, -0.15) is 26.3 Å². The van der Waals surface area contributed by atoms with Crippen molar-refractivity contribution in [2.24, 2.45) is 0 Å². The van der Waals surface area contributed by atoms with Crippen molar-refractivity contribution in [1.82, 2.24) is 30.8 Å². The molecular weight excluding hydrogens is 582 g/mol. The van der Waals surface area contributed by atoms with Crippen LogP contribution < -0.4 is 30.8 Å². The van der Waals surface area contributed by atoms with E-state index in [9.17, 15) is 26.3 Å². The van der Waals surface area contributed by atoms with E-state index in [1.54, 1.807) is 0 Å². The Balaban J connectivity index is -0.0000000197. The maximum Gasteiger partial charge on any atom is 2.00 e. The maximum absolute atomic E-state index is 10.7. The third-order valence-electron chi connectivity index (χ3n) is 0.567. The average Bonchev–Trinajstić information content (AvgIpc) is 2.01. The normalized spacial score (nSPS) is 9.50. The maximum atomic E-state index is 10.7. The smallest absolute Gasteiger partial charge is 0.741 e. The van der Waals surface area contributed by atoms with Crippen LogP contribution in [-0.2, 0) is 40.0 Å². The van der Waals surface area contributed by atoms with Gasteiger partial charge in [0.25, 0.3) is 0 Å². The summed E-state index contributed by atoms with van der Waals surface area (Å²) in [4.78, 5) is 0. The van der Waals surface area contributed by atoms with E-state index in [1.165, 1.54) is 0 Å². The largest absolute Gasteiger partial charge is 2.00 e. The first-order valence-electron chi connectivity index (χ1n) is 3.04. The van der Waals surface area contributed by atoms with Gasteiger partial charge in [-0.05, 0) is 0 Å². The van der Waals surface area contributed by atoms with Crippen LogP contribution in [0.5, 0.6) is 0 Å². The molecule has 0 aromatic carbocycles. The molecule has 11 nitrogen and oxygen atoms in total. The van der Waals surface area contributed by atoms with Crippen molar-refractivity contribution in [2.75, 3.05) is 0 Å². The molecule has 0 spiro atoms. The molecular formula is C4H19F6N5O6OsS2. The number of halogens is 6. The van der Waals surface area contributed by atoms with Crippen LogP contribution >= 0.6 is 0 Å². The Morgan fingerprint density at radius 1 is 0.583 bits per heavy atom. The molecule has 0 amide bonds. The van der Waals surface area contributed by atoms with Crippen molar-refractivity contribution < 1.29 is 72.1 Å². The molecule has 0 atom stereocenters. The van der Waals surface area contributed by atoms with Crippen LogP contribution in [0.4, 0.5) is 26.3 Å². The number of rotatable bonds is 0. The molecule has 0 aliphatic heterocycles. The van der Waals surface area contributed by atoms with Gasteiger partial charge < -0.3 is 39.9 Å². The van der Waals surface area contributed by atoms with Crippen LogP contribution in [0.25, 0.3) is 0 Å². The summed E-state index contributed by atoms with van der Waals surface area (Å²) in [5, 5.41) is 0. The van der Waals surface area contributed by atoms with Crippen LogP contribution in [0.3, 0.4) is 0 Å². The Morgan fingerprint density at radius 2 is 0.625 bits per heavy atom. The second-order valence-corrected chi connectivity index (χ2v) is 4.54. The summed E-state index contributed by atoms with van der Waals surface area (Å²) in [6.07, 6.45) is 0. The van der Waals surface area contributed by atoms with Gasteiger partial charge in [0.2, 0.25) is 0 Å². The molecule has 158 valence electrons. The van der Waals surface area contributed by atoms with Crippen molar-refractivity contribution >= 4 is 20.2 Å². The van der Waals surface area contributed by atoms with Crippen LogP contribution in [0.1, 0.15) is 0 Å². The molecule has 0 saturated heterocycles. The molecule has 0 aliphatic rings. The number of hydrogen-bond acceptors (Lipinski definition) is 11. The van der Waals surface area contributed by atoms with Crippen molar-refractivity contribution in [1.29, 1.82) is 0 Å². The fourth-order valence-corrected chi connectivity index (χ4v) is 0. The fourth-order valence-electron chi connectivity index (χ4n) is 0. The molecule has 0 rings (SSSR count). The van der Waals surface area contributed by atoms with E-state index in [-0.39, 0.29) is 50.5 Å². The van der Waals surface area contributed by atoms with Crippen LogP contribution in [0, 0.1) is 0 Å². The molecule has 0 heterocycles. The summed E-state index contributed by atoms with van der Waals surface area (Å²) in [5.74, 6) is 0. The summed E-state index contributed by atoms with van der Waals surface area (Å²) < 4.78 is 118. The quantitative estimate of drug-likeness (QED) is 0.115. The summed E-state index contributed by atoms with van der Waals surface area (Å²) in [7, 11) is -12.2. The molecule has 0 unspecified atom stereocenters.